The molecular weight excluding hydrogens is 641 g/mol. The first-order chi connectivity index (χ1) is 21.9. The Balaban J connectivity index is 1.35. The molecule has 0 spiro atoms. The van der Waals surface area contributed by atoms with Crippen LogP contribution in [0.25, 0.3) is 0 Å². The summed E-state index contributed by atoms with van der Waals surface area (Å²) in [6.45, 7) is 13.1. The smallest absolute Gasteiger partial charge is 0.263 e. The van der Waals surface area contributed by atoms with E-state index in [0.29, 0.717) is 41.0 Å². The average molecular weight is 685 g/mol. The Labute approximate surface area is 286 Å². The van der Waals surface area contributed by atoms with Gasteiger partial charge in [-0.25, -0.2) is 4.99 Å². The summed E-state index contributed by atoms with van der Waals surface area (Å²) in [7, 11) is 0. The van der Waals surface area contributed by atoms with E-state index in [0.717, 1.165) is 35.0 Å². The van der Waals surface area contributed by atoms with Crippen molar-refractivity contribution < 1.29 is 14.7 Å². The largest absolute Gasteiger partial charge is 0.395 e. The zero-order valence-corrected chi connectivity index (χ0v) is 29.4. The molecule has 2 fully saturated rings. The number of rotatable bonds is 7. The van der Waals surface area contributed by atoms with Crippen LogP contribution in [0.5, 0.6) is 0 Å². The number of halogens is 2. The number of carbonyl (C=O) groups is 2. The van der Waals surface area contributed by atoms with E-state index in [1.165, 1.54) is 11.8 Å². The standard InChI is InChI=1S/C35H43Cl2N5O3S/c1-21(2)29-30(33(45)41-22(3)6-15-28(41)32(44)40-17-16-39(18-19-43)23(4)20-40)46-34-38-35(5,25-9-13-27(37)14-10-25)31(42(29)34)24-7-11-26(36)12-8-24/h7-14,21-23,28,31,43H,6,15-20H2,1-5H3/t22-,23-,28-,31-,35+/m1/s1. The molecule has 4 aliphatic rings. The zero-order valence-electron chi connectivity index (χ0n) is 27.1. The number of piperazine rings is 1. The Morgan fingerprint density at radius 3 is 2.26 bits per heavy atom. The first kappa shape index (κ1) is 33.3. The van der Waals surface area contributed by atoms with Gasteiger partial charge in [-0.1, -0.05) is 61.3 Å². The first-order valence-corrected chi connectivity index (χ1v) is 17.8. The van der Waals surface area contributed by atoms with Crippen LogP contribution in [-0.4, -0.2) is 92.6 Å². The van der Waals surface area contributed by atoms with Crippen LogP contribution in [0.2, 0.25) is 10.0 Å². The molecule has 0 aliphatic carbocycles. The minimum absolute atomic E-state index is 0.0223. The van der Waals surface area contributed by atoms with E-state index in [4.69, 9.17) is 28.2 Å². The molecule has 0 radical (unpaired) electrons. The quantitative estimate of drug-likeness (QED) is 0.378. The van der Waals surface area contributed by atoms with Gasteiger partial charge in [0.25, 0.3) is 5.91 Å². The normalized spacial score (nSPS) is 28.4. The minimum atomic E-state index is -0.649. The number of allylic oxidation sites excluding steroid dienone is 1. The molecule has 1 N–H and O–H groups in total. The summed E-state index contributed by atoms with van der Waals surface area (Å²) < 4.78 is 0. The van der Waals surface area contributed by atoms with E-state index < -0.39 is 11.6 Å². The number of aliphatic hydroxyl groups is 1. The van der Waals surface area contributed by atoms with E-state index in [9.17, 15) is 14.7 Å². The second kappa shape index (κ2) is 13.2. The predicted octanol–water partition coefficient (Wildman–Crippen LogP) is 6.14. The summed E-state index contributed by atoms with van der Waals surface area (Å²) in [6, 6.07) is 15.1. The highest BCUT2D eigenvalue weighted by atomic mass is 35.5. The second-order valence-electron chi connectivity index (χ2n) is 13.4. The molecule has 0 saturated carbocycles. The highest BCUT2D eigenvalue weighted by molar-refractivity contribution is 8.18. The molecule has 2 aromatic rings. The van der Waals surface area contributed by atoms with Crippen LogP contribution in [0.3, 0.4) is 0 Å². The van der Waals surface area contributed by atoms with Crippen molar-refractivity contribution in [3.63, 3.8) is 0 Å². The van der Waals surface area contributed by atoms with E-state index in [1.54, 1.807) is 0 Å². The average Bonchev–Trinajstić information content (AvgIpc) is 3.67. The third-order valence-corrected chi connectivity index (χ3v) is 11.6. The van der Waals surface area contributed by atoms with Gasteiger partial charge in [-0.2, -0.15) is 0 Å². The summed E-state index contributed by atoms with van der Waals surface area (Å²) in [4.78, 5) is 42.9. The van der Waals surface area contributed by atoms with Crippen molar-refractivity contribution in [1.29, 1.82) is 0 Å². The van der Waals surface area contributed by atoms with Crippen LogP contribution in [-0.2, 0) is 15.1 Å². The molecular formula is C35H43Cl2N5O3S. The van der Waals surface area contributed by atoms with Crippen molar-refractivity contribution in [1.82, 2.24) is 19.6 Å². The number of nitrogens with zero attached hydrogens (tertiary/aromatic N) is 5. The van der Waals surface area contributed by atoms with Gasteiger partial charge in [-0.15, -0.1) is 0 Å². The summed E-state index contributed by atoms with van der Waals surface area (Å²) in [6.07, 6.45) is 1.43. The van der Waals surface area contributed by atoms with Gasteiger partial charge in [0.1, 0.15) is 16.5 Å². The number of β-amino-alcohol motifs (C(OH)–C–C–N with tert-alkyl or cyclic N) is 1. The molecule has 6 rings (SSSR count). The van der Waals surface area contributed by atoms with Gasteiger partial charge in [0.2, 0.25) is 5.91 Å². The molecule has 2 aromatic carbocycles. The maximum Gasteiger partial charge on any atom is 0.263 e. The van der Waals surface area contributed by atoms with Crippen LogP contribution >= 0.6 is 35.0 Å². The van der Waals surface area contributed by atoms with Gasteiger partial charge in [-0.3, -0.25) is 14.5 Å². The van der Waals surface area contributed by atoms with Gasteiger partial charge < -0.3 is 19.8 Å². The second-order valence-corrected chi connectivity index (χ2v) is 15.2. The molecule has 0 unspecified atom stereocenters. The summed E-state index contributed by atoms with van der Waals surface area (Å²) in [5.41, 5.74) is 2.36. The molecule has 5 atom stereocenters. The van der Waals surface area contributed by atoms with Gasteiger partial charge in [0.15, 0.2) is 5.17 Å². The van der Waals surface area contributed by atoms with Crippen LogP contribution in [0.1, 0.15) is 64.6 Å². The fourth-order valence-electron chi connectivity index (χ4n) is 7.62. The molecule has 0 aromatic heterocycles. The lowest BCUT2D eigenvalue weighted by molar-refractivity contribution is -0.145. The monoisotopic (exact) mass is 683 g/mol. The van der Waals surface area contributed by atoms with Crippen molar-refractivity contribution in [3.8, 4) is 0 Å². The van der Waals surface area contributed by atoms with Crippen LogP contribution in [0.4, 0.5) is 0 Å². The first-order valence-electron chi connectivity index (χ1n) is 16.2. The number of amidine groups is 1. The highest BCUT2D eigenvalue weighted by Crippen LogP contribution is 2.56. The minimum Gasteiger partial charge on any atom is -0.395 e. The van der Waals surface area contributed by atoms with Crippen molar-refractivity contribution in [2.75, 3.05) is 32.8 Å². The molecule has 0 bridgehead atoms. The summed E-state index contributed by atoms with van der Waals surface area (Å²) in [5, 5.41) is 11.5. The number of thioether (sulfide) groups is 1. The lowest BCUT2D eigenvalue weighted by Gasteiger charge is -2.41. The van der Waals surface area contributed by atoms with Gasteiger partial charge in [0.05, 0.1) is 12.6 Å². The predicted molar refractivity (Wildman–Crippen MR) is 186 cm³/mol. The number of hydrogen-bond donors (Lipinski definition) is 1. The fourth-order valence-corrected chi connectivity index (χ4v) is 9.22. The molecule has 246 valence electrons. The Hall–Kier alpha value is -2.56. The Morgan fingerprint density at radius 2 is 1.65 bits per heavy atom. The van der Waals surface area contributed by atoms with Gasteiger partial charge in [-0.05, 0) is 86.7 Å². The molecule has 46 heavy (non-hydrogen) atoms. The van der Waals surface area contributed by atoms with Crippen LogP contribution < -0.4 is 0 Å². The van der Waals surface area contributed by atoms with E-state index in [2.05, 4.69) is 44.4 Å². The Bertz CT molecular complexity index is 1550. The number of fused-ring (bicyclic) bond motifs is 1. The third kappa shape index (κ3) is 5.87. The number of amides is 2. The maximum absolute atomic E-state index is 14.7. The van der Waals surface area contributed by atoms with Gasteiger partial charge >= 0.3 is 0 Å². The number of benzene rings is 2. The Kier molecular flexibility index (Phi) is 9.53. The fraction of sp³-hybridized carbons (Fsp3) is 0.514. The highest BCUT2D eigenvalue weighted by Gasteiger charge is 2.54. The summed E-state index contributed by atoms with van der Waals surface area (Å²) in [5.74, 6) is -0.0479. The molecule has 11 heteroatoms. The lowest BCUT2D eigenvalue weighted by atomic mass is 9.81. The number of aliphatic hydroxyl groups excluding tert-OH is 1. The van der Waals surface area contributed by atoms with Crippen LogP contribution in [0, 0.1) is 5.92 Å². The number of aliphatic imine (C=N–C) groups is 1. The maximum atomic E-state index is 14.7. The third-order valence-electron chi connectivity index (χ3n) is 10.0. The van der Waals surface area contributed by atoms with E-state index in [1.807, 2.05) is 58.3 Å². The molecule has 2 amide bonds. The SMILES string of the molecule is CC(C)C1=C(C(=O)N2[C@H](C)CC[C@@H]2C(=O)N2CCN(CCO)[C@H](C)C2)SC2=N[C@@](C)(c3ccc(Cl)cc3)[C@@H](c3ccc(Cl)cc3)N21. The Morgan fingerprint density at radius 1 is 1.00 bits per heavy atom. The molecule has 4 heterocycles. The topological polar surface area (TPSA) is 79.7 Å². The number of hydrogen-bond acceptors (Lipinski definition) is 7. The number of likely N-dealkylation sites (tertiary alicyclic amines) is 1. The molecule has 2 saturated heterocycles. The molecule has 8 nitrogen and oxygen atoms in total. The number of carbonyl (C=O) groups excluding carboxylic acids is 2. The van der Waals surface area contributed by atoms with Crippen molar-refractivity contribution in [3.05, 3.63) is 80.3 Å². The van der Waals surface area contributed by atoms with Gasteiger partial charge in [0, 0.05) is 54.0 Å². The van der Waals surface area contributed by atoms with Crippen molar-refractivity contribution >= 4 is 51.9 Å². The molecule has 4 aliphatic heterocycles. The van der Waals surface area contributed by atoms with E-state index in [-0.39, 0.29) is 42.5 Å². The zero-order chi connectivity index (χ0) is 32.9. The lowest BCUT2D eigenvalue weighted by Crippen LogP contribution is -2.58. The summed E-state index contributed by atoms with van der Waals surface area (Å²) >= 11 is 14.0. The van der Waals surface area contributed by atoms with E-state index >= 15 is 0 Å². The van der Waals surface area contributed by atoms with Crippen LogP contribution in [0.15, 0.2) is 64.1 Å². The van der Waals surface area contributed by atoms with Crippen molar-refractivity contribution in [2.24, 2.45) is 10.9 Å². The van der Waals surface area contributed by atoms with Crippen molar-refractivity contribution in [2.45, 2.75) is 77.2 Å².